The average molecular weight is 200 g/mol. The number of carboxylic acids is 1. The van der Waals surface area contributed by atoms with Crippen LogP contribution in [-0.2, 0) is 9.53 Å². The van der Waals surface area contributed by atoms with Gasteiger partial charge in [-0.25, -0.2) is 0 Å². The second kappa shape index (κ2) is 3.89. The van der Waals surface area contributed by atoms with Gasteiger partial charge in [0.15, 0.2) is 0 Å². The lowest BCUT2D eigenvalue weighted by atomic mass is 9.60. The molecule has 0 aromatic carbocycles. The number of ether oxygens (including phenoxy) is 1. The lowest BCUT2D eigenvalue weighted by Crippen LogP contribution is -2.53. The van der Waals surface area contributed by atoms with Crippen molar-refractivity contribution in [2.75, 3.05) is 13.2 Å². The van der Waals surface area contributed by atoms with E-state index >= 15 is 0 Å². The molecule has 14 heavy (non-hydrogen) atoms. The number of aliphatic carboxylic acids is 1. The molecule has 3 heteroatoms. The smallest absolute Gasteiger partial charge is 0.303 e. The molecular formula is C11H20O3. The fourth-order valence-electron chi connectivity index (χ4n) is 2.27. The Labute approximate surface area is 85.5 Å². The SMILES string of the molecule is CCCC1(C(C)(C)CC(=O)O)COC1. The molecule has 1 N–H and O–H groups in total. The third-order valence-corrected chi connectivity index (χ3v) is 3.51. The number of rotatable bonds is 5. The van der Waals surface area contributed by atoms with Crippen LogP contribution in [0.15, 0.2) is 0 Å². The first-order valence-corrected chi connectivity index (χ1v) is 5.23. The molecule has 0 saturated carbocycles. The predicted octanol–water partition coefficient (Wildman–Crippen LogP) is 2.30. The summed E-state index contributed by atoms with van der Waals surface area (Å²) in [7, 11) is 0. The predicted molar refractivity (Wildman–Crippen MR) is 54.2 cm³/mol. The van der Waals surface area contributed by atoms with E-state index in [4.69, 9.17) is 9.84 Å². The van der Waals surface area contributed by atoms with Crippen molar-refractivity contribution >= 4 is 5.97 Å². The van der Waals surface area contributed by atoms with Gasteiger partial charge in [0.05, 0.1) is 19.6 Å². The molecule has 0 aromatic heterocycles. The third-order valence-electron chi connectivity index (χ3n) is 3.51. The van der Waals surface area contributed by atoms with Crippen molar-refractivity contribution in [3.8, 4) is 0 Å². The topological polar surface area (TPSA) is 46.5 Å². The van der Waals surface area contributed by atoms with E-state index in [1.54, 1.807) is 0 Å². The van der Waals surface area contributed by atoms with Crippen LogP contribution in [0.2, 0.25) is 0 Å². The Morgan fingerprint density at radius 3 is 2.36 bits per heavy atom. The van der Waals surface area contributed by atoms with E-state index in [1.165, 1.54) is 0 Å². The molecule has 1 aliphatic rings. The zero-order valence-electron chi connectivity index (χ0n) is 9.30. The third kappa shape index (κ3) is 1.92. The highest BCUT2D eigenvalue weighted by Crippen LogP contribution is 2.50. The molecule has 1 saturated heterocycles. The molecule has 0 atom stereocenters. The standard InChI is InChI=1S/C11H20O3/c1-4-5-11(7-14-8-11)10(2,3)6-9(12)13/h4-8H2,1-3H3,(H,12,13). The lowest BCUT2D eigenvalue weighted by Gasteiger charge is -2.52. The minimum absolute atomic E-state index is 0.0974. The first kappa shape index (κ1) is 11.5. The van der Waals surface area contributed by atoms with Gasteiger partial charge in [0.1, 0.15) is 0 Å². The highest BCUT2D eigenvalue weighted by atomic mass is 16.5. The molecular weight excluding hydrogens is 180 g/mol. The summed E-state index contributed by atoms with van der Waals surface area (Å²) in [6.45, 7) is 7.66. The van der Waals surface area contributed by atoms with Crippen molar-refractivity contribution in [1.82, 2.24) is 0 Å². The molecule has 1 heterocycles. The van der Waals surface area contributed by atoms with Crippen molar-refractivity contribution in [2.45, 2.75) is 40.0 Å². The van der Waals surface area contributed by atoms with Crippen LogP contribution in [0.25, 0.3) is 0 Å². The number of hydrogen-bond acceptors (Lipinski definition) is 2. The molecule has 1 aliphatic heterocycles. The zero-order chi connectivity index (χ0) is 10.8. The molecule has 1 rings (SSSR count). The Morgan fingerprint density at radius 1 is 1.50 bits per heavy atom. The molecule has 0 unspecified atom stereocenters. The van der Waals surface area contributed by atoms with Crippen LogP contribution in [0.4, 0.5) is 0 Å². The Hall–Kier alpha value is -0.570. The number of carbonyl (C=O) groups is 1. The zero-order valence-corrected chi connectivity index (χ0v) is 9.30. The molecule has 1 fully saturated rings. The Morgan fingerprint density at radius 2 is 2.07 bits per heavy atom. The monoisotopic (exact) mass is 200 g/mol. The number of hydrogen-bond donors (Lipinski definition) is 1. The number of carboxylic acid groups (broad SMARTS) is 1. The summed E-state index contributed by atoms with van der Waals surface area (Å²) in [5.74, 6) is -0.711. The highest BCUT2D eigenvalue weighted by Gasteiger charge is 2.50. The van der Waals surface area contributed by atoms with Gasteiger partial charge >= 0.3 is 5.97 Å². The van der Waals surface area contributed by atoms with Gasteiger partial charge in [0.25, 0.3) is 0 Å². The van der Waals surface area contributed by atoms with E-state index in [1.807, 2.05) is 13.8 Å². The van der Waals surface area contributed by atoms with Crippen LogP contribution in [0, 0.1) is 10.8 Å². The van der Waals surface area contributed by atoms with E-state index in [2.05, 4.69) is 6.92 Å². The summed E-state index contributed by atoms with van der Waals surface area (Å²) in [5, 5.41) is 8.86. The fraction of sp³-hybridized carbons (Fsp3) is 0.909. The van der Waals surface area contributed by atoms with Crippen molar-refractivity contribution < 1.29 is 14.6 Å². The highest BCUT2D eigenvalue weighted by molar-refractivity contribution is 5.67. The Balaban J connectivity index is 2.71. The van der Waals surface area contributed by atoms with E-state index < -0.39 is 5.97 Å². The second-order valence-corrected chi connectivity index (χ2v) is 4.98. The van der Waals surface area contributed by atoms with Gasteiger partial charge in [-0.15, -0.1) is 0 Å². The summed E-state index contributed by atoms with van der Waals surface area (Å²) in [4.78, 5) is 10.8. The van der Waals surface area contributed by atoms with Gasteiger partial charge in [-0.2, -0.15) is 0 Å². The molecule has 0 spiro atoms. The van der Waals surface area contributed by atoms with Gasteiger partial charge in [-0.3, -0.25) is 4.79 Å². The van der Waals surface area contributed by atoms with Gasteiger partial charge in [-0.1, -0.05) is 27.2 Å². The van der Waals surface area contributed by atoms with Crippen molar-refractivity contribution in [1.29, 1.82) is 0 Å². The maximum absolute atomic E-state index is 10.8. The van der Waals surface area contributed by atoms with E-state index in [9.17, 15) is 4.79 Å². The molecule has 0 radical (unpaired) electrons. The molecule has 3 nitrogen and oxygen atoms in total. The van der Waals surface area contributed by atoms with Gasteiger partial charge in [0.2, 0.25) is 0 Å². The average Bonchev–Trinajstić information content (AvgIpc) is 1.93. The summed E-state index contributed by atoms with van der Waals surface area (Å²) >= 11 is 0. The van der Waals surface area contributed by atoms with E-state index in [0.717, 1.165) is 26.1 Å². The molecule has 0 aliphatic carbocycles. The first-order valence-electron chi connectivity index (χ1n) is 5.23. The van der Waals surface area contributed by atoms with Crippen molar-refractivity contribution in [3.05, 3.63) is 0 Å². The molecule has 0 aromatic rings. The summed E-state index contributed by atoms with van der Waals surface area (Å²) < 4.78 is 5.27. The van der Waals surface area contributed by atoms with Crippen LogP contribution in [-0.4, -0.2) is 24.3 Å². The minimum atomic E-state index is -0.711. The largest absolute Gasteiger partial charge is 0.481 e. The van der Waals surface area contributed by atoms with Crippen LogP contribution < -0.4 is 0 Å². The Kier molecular flexibility index (Phi) is 3.20. The summed E-state index contributed by atoms with van der Waals surface area (Å²) in [6, 6.07) is 0. The maximum Gasteiger partial charge on any atom is 0.303 e. The van der Waals surface area contributed by atoms with Gasteiger partial charge < -0.3 is 9.84 Å². The second-order valence-electron chi connectivity index (χ2n) is 4.98. The van der Waals surface area contributed by atoms with Crippen molar-refractivity contribution in [2.24, 2.45) is 10.8 Å². The summed E-state index contributed by atoms with van der Waals surface area (Å²) in [6.07, 6.45) is 2.38. The van der Waals surface area contributed by atoms with E-state index in [-0.39, 0.29) is 17.3 Å². The lowest BCUT2D eigenvalue weighted by molar-refractivity contribution is -0.187. The molecule has 0 bridgehead atoms. The molecule has 82 valence electrons. The van der Waals surface area contributed by atoms with Crippen LogP contribution >= 0.6 is 0 Å². The minimum Gasteiger partial charge on any atom is -0.481 e. The first-order chi connectivity index (χ1) is 6.43. The Bertz CT molecular complexity index is 217. The van der Waals surface area contributed by atoms with E-state index in [0.29, 0.717) is 0 Å². The van der Waals surface area contributed by atoms with Gasteiger partial charge in [0, 0.05) is 5.41 Å². The quantitative estimate of drug-likeness (QED) is 0.740. The van der Waals surface area contributed by atoms with Crippen LogP contribution in [0.1, 0.15) is 40.0 Å². The summed E-state index contributed by atoms with van der Waals surface area (Å²) in [5.41, 5.74) is -0.0623. The molecule has 0 amide bonds. The maximum atomic E-state index is 10.8. The van der Waals surface area contributed by atoms with Crippen molar-refractivity contribution in [3.63, 3.8) is 0 Å². The van der Waals surface area contributed by atoms with Gasteiger partial charge in [-0.05, 0) is 11.8 Å². The van der Waals surface area contributed by atoms with Crippen LogP contribution in [0.3, 0.4) is 0 Å². The fourth-order valence-corrected chi connectivity index (χ4v) is 2.27. The normalized spacial score (nSPS) is 20.2. The van der Waals surface area contributed by atoms with Crippen LogP contribution in [0.5, 0.6) is 0 Å².